The summed E-state index contributed by atoms with van der Waals surface area (Å²) in [5.74, 6) is 1.22. The van der Waals surface area contributed by atoms with Gasteiger partial charge < -0.3 is 9.64 Å². The van der Waals surface area contributed by atoms with Gasteiger partial charge in [0.25, 0.3) is 0 Å². The lowest BCUT2D eigenvalue weighted by Crippen LogP contribution is -2.30. The van der Waals surface area contributed by atoms with Gasteiger partial charge in [0.15, 0.2) is 0 Å². The molecule has 0 saturated heterocycles. The van der Waals surface area contributed by atoms with Gasteiger partial charge in [-0.1, -0.05) is 34.1 Å². The molecular weight excluding hydrogens is 446 g/mol. The number of rotatable bonds is 6. The Morgan fingerprint density at radius 2 is 1.80 bits per heavy atom. The number of likely N-dealkylation sites (N-methyl/N-ethyl adjacent to an activating group) is 1. The monoisotopic (exact) mass is 465 g/mol. The van der Waals surface area contributed by atoms with Crippen molar-refractivity contribution >= 4 is 32.6 Å². The normalized spacial score (nSPS) is 10.9. The van der Waals surface area contributed by atoms with E-state index in [9.17, 15) is 4.79 Å². The Balaban J connectivity index is 1.41. The third-order valence-electron chi connectivity index (χ3n) is 4.79. The van der Waals surface area contributed by atoms with Crippen LogP contribution in [0.5, 0.6) is 5.75 Å². The number of carbonyl (C=O) groups excluding carboxylic acids is 1. The molecule has 0 aliphatic rings. The van der Waals surface area contributed by atoms with Crippen LogP contribution in [0.25, 0.3) is 22.2 Å². The Morgan fingerprint density at radius 3 is 2.57 bits per heavy atom. The Kier molecular flexibility index (Phi) is 5.76. The second kappa shape index (κ2) is 8.62. The molecule has 8 heteroatoms. The van der Waals surface area contributed by atoms with Crippen LogP contribution in [0, 0.1) is 0 Å². The first-order valence-corrected chi connectivity index (χ1v) is 10.2. The van der Waals surface area contributed by atoms with Crippen LogP contribution in [0.2, 0.25) is 0 Å². The number of hydrogen-bond donors (Lipinski definition) is 0. The number of tetrazole rings is 1. The van der Waals surface area contributed by atoms with Crippen LogP contribution in [0.3, 0.4) is 0 Å². The minimum atomic E-state index is -0.0930. The first kappa shape index (κ1) is 20.0. The number of amides is 1. The summed E-state index contributed by atoms with van der Waals surface area (Å²) in [4.78, 5) is 15.6. The molecule has 1 aromatic heterocycles. The zero-order chi connectivity index (χ0) is 21.1. The number of hydrogen-bond acceptors (Lipinski definition) is 5. The molecule has 0 bridgehead atoms. The van der Waals surface area contributed by atoms with Crippen LogP contribution in [-0.2, 0) is 17.9 Å². The molecule has 1 heterocycles. The molecule has 30 heavy (non-hydrogen) atoms. The maximum atomic E-state index is 12.6. The van der Waals surface area contributed by atoms with E-state index in [1.165, 1.54) is 4.80 Å². The van der Waals surface area contributed by atoms with Crippen LogP contribution in [0.15, 0.2) is 65.1 Å². The van der Waals surface area contributed by atoms with Crippen LogP contribution in [-0.4, -0.2) is 45.2 Å². The number of benzene rings is 3. The minimum absolute atomic E-state index is 0.0325. The van der Waals surface area contributed by atoms with Crippen molar-refractivity contribution in [1.82, 2.24) is 25.1 Å². The summed E-state index contributed by atoms with van der Waals surface area (Å²) in [7, 11) is 3.43. The van der Waals surface area contributed by atoms with Crippen LogP contribution < -0.4 is 4.74 Å². The van der Waals surface area contributed by atoms with Gasteiger partial charge in [0.1, 0.15) is 12.3 Å². The van der Waals surface area contributed by atoms with Crippen molar-refractivity contribution < 1.29 is 9.53 Å². The molecule has 0 saturated carbocycles. The molecule has 0 spiro atoms. The highest BCUT2D eigenvalue weighted by atomic mass is 79.9. The molecule has 152 valence electrons. The fourth-order valence-electron chi connectivity index (χ4n) is 3.13. The Bertz CT molecular complexity index is 1190. The lowest BCUT2D eigenvalue weighted by atomic mass is 10.1. The lowest BCUT2D eigenvalue weighted by molar-refractivity contribution is -0.131. The predicted molar refractivity (Wildman–Crippen MR) is 118 cm³/mol. The number of methoxy groups -OCH3 is 1. The topological polar surface area (TPSA) is 73.1 Å². The molecule has 0 atom stereocenters. The highest BCUT2D eigenvalue weighted by molar-refractivity contribution is 9.10. The van der Waals surface area contributed by atoms with E-state index in [0.717, 1.165) is 32.1 Å². The van der Waals surface area contributed by atoms with E-state index in [1.54, 1.807) is 19.1 Å². The Hall–Kier alpha value is -3.26. The SMILES string of the molecule is COc1ccc2cc(CN(C)C(=O)Cn3nnc(-c4ccc(Br)cc4)n3)ccc2c1. The summed E-state index contributed by atoms with van der Waals surface area (Å²) in [5, 5.41) is 14.6. The molecule has 0 N–H and O–H groups in total. The van der Waals surface area contributed by atoms with Crippen molar-refractivity contribution in [1.29, 1.82) is 0 Å². The fourth-order valence-corrected chi connectivity index (χ4v) is 3.39. The molecule has 4 rings (SSSR count). The van der Waals surface area contributed by atoms with Crippen molar-refractivity contribution in [3.05, 3.63) is 70.7 Å². The highest BCUT2D eigenvalue weighted by Crippen LogP contribution is 2.22. The third-order valence-corrected chi connectivity index (χ3v) is 5.32. The third kappa shape index (κ3) is 4.49. The van der Waals surface area contributed by atoms with E-state index >= 15 is 0 Å². The second-order valence-electron chi connectivity index (χ2n) is 6.95. The maximum absolute atomic E-state index is 12.6. The molecule has 3 aromatic carbocycles. The van der Waals surface area contributed by atoms with E-state index < -0.39 is 0 Å². The van der Waals surface area contributed by atoms with Crippen molar-refractivity contribution in [3.63, 3.8) is 0 Å². The Labute approximate surface area is 182 Å². The quantitative estimate of drug-likeness (QED) is 0.431. The summed E-state index contributed by atoms with van der Waals surface area (Å²) in [6, 6.07) is 19.7. The summed E-state index contributed by atoms with van der Waals surface area (Å²) in [6.45, 7) is 0.528. The molecule has 7 nitrogen and oxygen atoms in total. The number of nitrogens with zero attached hydrogens (tertiary/aromatic N) is 5. The van der Waals surface area contributed by atoms with Crippen LogP contribution in [0.4, 0.5) is 0 Å². The molecular formula is C22H20BrN5O2. The van der Waals surface area contributed by atoms with Crippen molar-refractivity contribution in [3.8, 4) is 17.1 Å². The smallest absolute Gasteiger partial charge is 0.246 e. The minimum Gasteiger partial charge on any atom is -0.497 e. The average Bonchev–Trinajstić information content (AvgIpc) is 3.22. The van der Waals surface area contributed by atoms with E-state index in [0.29, 0.717) is 12.4 Å². The zero-order valence-electron chi connectivity index (χ0n) is 16.6. The van der Waals surface area contributed by atoms with Gasteiger partial charge in [0.2, 0.25) is 11.7 Å². The van der Waals surface area contributed by atoms with Gasteiger partial charge in [0, 0.05) is 23.6 Å². The van der Waals surface area contributed by atoms with E-state index in [1.807, 2.05) is 54.6 Å². The molecule has 0 unspecified atom stereocenters. The number of fused-ring (bicyclic) bond motifs is 1. The van der Waals surface area contributed by atoms with Gasteiger partial charge in [0.05, 0.1) is 7.11 Å². The number of carbonyl (C=O) groups is 1. The molecule has 0 fully saturated rings. The summed E-state index contributed by atoms with van der Waals surface area (Å²) < 4.78 is 6.24. The van der Waals surface area contributed by atoms with E-state index in [4.69, 9.17) is 4.74 Å². The molecule has 0 aliphatic carbocycles. The standard InChI is InChI=1S/C22H20BrN5O2/c1-27(13-15-3-4-18-12-20(30-2)10-7-17(18)11-15)21(29)14-28-25-22(24-26-28)16-5-8-19(23)9-6-16/h3-12H,13-14H2,1-2H3. The van der Waals surface area contributed by atoms with Crippen LogP contribution >= 0.6 is 15.9 Å². The van der Waals surface area contributed by atoms with Crippen molar-refractivity contribution in [2.24, 2.45) is 0 Å². The summed E-state index contributed by atoms with van der Waals surface area (Å²) in [5.41, 5.74) is 1.89. The highest BCUT2D eigenvalue weighted by Gasteiger charge is 2.14. The average molecular weight is 466 g/mol. The van der Waals surface area contributed by atoms with Gasteiger partial charge >= 0.3 is 0 Å². The summed E-state index contributed by atoms with van der Waals surface area (Å²) in [6.07, 6.45) is 0. The van der Waals surface area contributed by atoms with E-state index in [2.05, 4.69) is 37.4 Å². The largest absolute Gasteiger partial charge is 0.497 e. The zero-order valence-corrected chi connectivity index (χ0v) is 18.2. The van der Waals surface area contributed by atoms with Gasteiger partial charge in [-0.25, -0.2) is 0 Å². The van der Waals surface area contributed by atoms with Gasteiger partial charge in [-0.3, -0.25) is 4.79 Å². The Morgan fingerprint density at radius 1 is 1.07 bits per heavy atom. The number of halogens is 1. The molecule has 0 radical (unpaired) electrons. The van der Waals surface area contributed by atoms with E-state index in [-0.39, 0.29) is 12.5 Å². The summed E-state index contributed by atoms with van der Waals surface area (Å²) >= 11 is 3.40. The molecule has 0 aliphatic heterocycles. The van der Waals surface area contributed by atoms with Gasteiger partial charge in [-0.2, -0.15) is 4.80 Å². The predicted octanol–water partition coefficient (Wildman–Crippen LogP) is 3.92. The lowest BCUT2D eigenvalue weighted by Gasteiger charge is -2.17. The second-order valence-corrected chi connectivity index (χ2v) is 7.86. The van der Waals surface area contributed by atoms with Gasteiger partial charge in [-0.05, 0) is 64.0 Å². The maximum Gasteiger partial charge on any atom is 0.246 e. The first-order valence-electron chi connectivity index (χ1n) is 9.36. The first-order chi connectivity index (χ1) is 14.5. The fraction of sp³-hybridized carbons (Fsp3) is 0.182. The number of ether oxygens (including phenoxy) is 1. The molecule has 1 amide bonds. The molecule has 4 aromatic rings. The number of aromatic nitrogens is 4. The van der Waals surface area contributed by atoms with Crippen LogP contribution in [0.1, 0.15) is 5.56 Å². The van der Waals surface area contributed by atoms with Crippen molar-refractivity contribution in [2.75, 3.05) is 14.2 Å². The van der Waals surface area contributed by atoms with Crippen molar-refractivity contribution in [2.45, 2.75) is 13.1 Å². The van der Waals surface area contributed by atoms with Gasteiger partial charge in [-0.15, -0.1) is 10.2 Å².